The van der Waals surface area contributed by atoms with E-state index in [4.69, 9.17) is 13.9 Å². The van der Waals surface area contributed by atoms with E-state index < -0.39 is 27.3 Å². The second-order valence-corrected chi connectivity index (χ2v) is 9.69. The minimum absolute atomic E-state index is 0.0853. The lowest BCUT2D eigenvalue weighted by molar-refractivity contribution is -0.174. The molecule has 4 aliphatic rings. The van der Waals surface area contributed by atoms with E-state index in [1.807, 2.05) is 13.8 Å². The summed E-state index contributed by atoms with van der Waals surface area (Å²) in [7, 11) is -3.51. The van der Waals surface area contributed by atoms with E-state index in [0.717, 1.165) is 12.8 Å². The van der Waals surface area contributed by atoms with Gasteiger partial charge in [-0.25, -0.2) is 8.42 Å². The zero-order valence-corrected chi connectivity index (χ0v) is 15.0. The molecule has 9 heteroatoms. The molecule has 4 fully saturated rings. The Morgan fingerprint density at radius 2 is 2.04 bits per heavy atom. The number of rotatable bonds is 4. The molecule has 3 saturated heterocycles. The van der Waals surface area contributed by atoms with Crippen LogP contribution >= 0.6 is 0 Å². The molecule has 1 aromatic heterocycles. The number of nitrogens with zero attached hydrogens (tertiary/aromatic N) is 3. The highest BCUT2D eigenvalue weighted by atomic mass is 32.2. The molecule has 1 aromatic rings. The normalized spacial score (nSPS) is 35.8. The van der Waals surface area contributed by atoms with Crippen molar-refractivity contribution in [3.63, 3.8) is 0 Å². The van der Waals surface area contributed by atoms with E-state index in [1.165, 1.54) is 0 Å². The van der Waals surface area contributed by atoms with Crippen molar-refractivity contribution in [2.75, 3.05) is 25.5 Å². The highest BCUT2D eigenvalue weighted by Crippen LogP contribution is 2.57. The van der Waals surface area contributed by atoms with Crippen LogP contribution < -0.4 is 0 Å². The van der Waals surface area contributed by atoms with Crippen molar-refractivity contribution in [1.82, 2.24) is 14.5 Å². The van der Waals surface area contributed by atoms with Crippen LogP contribution in [0, 0.1) is 12.8 Å². The van der Waals surface area contributed by atoms with Crippen LogP contribution in [0.15, 0.2) is 4.42 Å². The summed E-state index contributed by atoms with van der Waals surface area (Å²) in [6, 6.07) is 0. The van der Waals surface area contributed by atoms with E-state index in [0.29, 0.717) is 37.5 Å². The monoisotopic (exact) mass is 357 g/mol. The maximum atomic E-state index is 13.0. The topological polar surface area (TPSA) is 94.8 Å². The minimum atomic E-state index is -3.51. The molecule has 0 aromatic carbocycles. The number of aryl methyl sites for hydroxylation is 1. The van der Waals surface area contributed by atoms with Gasteiger partial charge in [0.25, 0.3) is 0 Å². The standard InChI is InChI=1S/C15H23N3O5S/c1-10-16-17-13(22-10)15-4-11(5-15)6-18(15)24(19,20)8-12-7-21-9-14(2,3)23-12/h11-12H,4-9H2,1-3H3. The van der Waals surface area contributed by atoms with Crippen LogP contribution in [-0.4, -0.2) is 60.1 Å². The summed E-state index contributed by atoms with van der Waals surface area (Å²) in [6.45, 7) is 6.81. The first kappa shape index (κ1) is 16.4. The van der Waals surface area contributed by atoms with Gasteiger partial charge < -0.3 is 13.9 Å². The fourth-order valence-corrected chi connectivity index (χ4v) is 6.16. The van der Waals surface area contributed by atoms with Gasteiger partial charge in [0.15, 0.2) is 0 Å². The molecule has 0 N–H and O–H groups in total. The Labute approximate surface area is 141 Å². The minimum Gasteiger partial charge on any atom is -0.424 e. The van der Waals surface area contributed by atoms with Crippen LogP contribution in [-0.2, 0) is 25.0 Å². The lowest BCUT2D eigenvalue weighted by Gasteiger charge is -2.40. The third-order valence-corrected chi connectivity index (χ3v) is 7.01. The van der Waals surface area contributed by atoms with Crippen LogP contribution in [0.25, 0.3) is 0 Å². The number of sulfonamides is 1. The SMILES string of the molecule is Cc1nnc(C23CC(CN2S(=O)(=O)CC2COCC(C)(C)O2)C3)o1. The molecule has 134 valence electrons. The van der Waals surface area contributed by atoms with Gasteiger partial charge in [0.1, 0.15) is 5.54 Å². The predicted molar refractivity (Wildman–Crippen MR) is 83.7 cm³/mol. The fourth-order valence-electron chi connectivity index (χ4n) is 4.15. The Morgan fingerprint density at radius 1 is 1.29 bits per heavy atom. The highest BCUT2D eigenvalue weighted by Gasteiger charge is 2.64. The maximum Gasteiger partial charge on any atom is 0.237 e. The Balaban J connectivity index is 1.56. The fraction of sp³-hybridized carbons (Fsp3) is 0.867. The average Bonchev–Trinajstić information content (AvgIpc) is 3.08. The quantitative estimate of drug-likeness (QED) is 0.787. The third-order valence-electron chi connectivity index (χ3n) is 5.05. The second kappa shape index (κ2) is 5.23. The molecule has 1 unspecified atom stereocenters. The molecule has 4 heterocycles. The summed E-state index contributed by atoms with van der Waals surface area (Å²) in [4.78, 5) is 0. The van der Waals surface area contributed by atoms with Crippen molar-refractivity contribution in [3.05, 3.63) is 11.8 Å². The Kier molecular flexibility index (Phi) is 3.58. The number of fused-ring (bicyclic) bond motifs is 1. The van der Waals surface area contributed by atoms with Gasteiger partial charge >= 0.3 is 0 Å². The Bertz CT molecular complexity index is 738. The summed E-state index contributed by atoms with van der Waals surface area (Å²) in [6.07, 6.45) is 1.04. The van der Waals surface area contributed by atoms with Crippen LogP contribution in [0.2, 0.25) is 0 Å². The number of hydrogen-bond acceptors (Lipinski definition) is 7. The van der Waals surface area contributed by atoms with E-state index in [9.17, 15) is 8.42 Å². The smallest absolute Gasteiger partial charge is 0.237 e. The molecule has 0 radical (unpaired) electrons. The van der Waals surface area contributed by atoms with Gasteiger partial charge in [-0.15, -0.1) is 10.2 Å². The zero-order valence-electron chi connectivity index (χ0n) is 14.2. The predicted octanol–water partition coefficient (Wildman–Crippen LogP) is 0.823. The Morgan fingerprint density at radius 3 is 2.67 bits per heavy atom. The van der Waals surface area contributed by atoms with E-state index >= 15 is 0 Å². The van der Waals surface area contributed by atoms with Crippen LogP contribution in [0.3, 0.4) is 0 Å². The second-order valence-electron chi connectivity index (χ2n) is 7.76. The van der Waals surface area contributed by atoms with Crippen molar-refractivity contribution in [2.45, 2.75) is 50.9 Å². The molecule has 2 bridgehead atoms. The van der Waals surface area contributed by atoms with Gasteiger partial charge in [-0.3, -0.25) is 0 Å². The van der Waals surface area contributed by atoms with E-state index in [-0.39, 0.29) is 5.75 Å². The van der Waals surface area contributed by atoms with Crippen LogP contribution in [0.1, 0.15) is 38.5 Å². The van der Waals surface area contributed by atoms with Crippen LogP contribution in [0.4, 0.5) is 0 Å². The first-order valence-electron chi connectivity index (χ1n) is 8.27. The summed E-state index contributed by atoms with van der Waals surface area (Å²) >= 11 is 0. The number of ether oxygens (including phenoxy) is 2. The summed E-state index contributed by atoms with van der Waals surface area (Å²) < 4.78 is 44.6. The lowest BCUT2D eigenvalue weighted by Crippen LogP contribution is -2.51. The van der Waals surface area contributed by atoms with Gasteiger partial charge in [0, 0.05) is 13.5 Å². The van der Waals surface area contributed by atoms with Crippen LogP contribution in [0.5, 0.6) is 0 Å². The maximum absolute atomic E-state index is 13.0. The number of aromatic nitrogens is 2. The molecule has 5 rings (SSSR count). The Hall–Kier alpha value is -1.03. The highest BCUT2D eigenvalue weighted by molar-refractivity contribution is 7.89. The summed E-state index contributed by atoms with van der Waals surface area (Å²) in [5.74, 6) is 1.15. The van der Waals surface area contributed by atoms with Crippen molar-refractivity contribution >= 4 is 10.0 Å². The summed E-state index contributed by atoms with van der Waals surface area (Å²) in [5, 5.41) is 7.96. The van der Waals surface area contributed by atoms with Crippen molar-refractivity contribution in [3.8, 4) is 0 Å². The molecule has 1 atom stereocenters. The van der Waals surface area contributed by atoms with Gasteiger partial charge in [-0.1, -0.05) is 0 Å². The largest absolute Gasteiger partial charge is 0.424 e. The molecule has 24 heavy (non-hydrogen) atoms. The molecule has 1 aliphatic carbocycles. The first-order chi connectivity index (χ1) is 11.2. The van der Waals surface area contributed by atoms with Gasteiger partial charge in [0.05, 0.1) is 30.7 Å². The molecular weight excluding hydrogens is 334 g/mol. The van der Waals surface area contributed by atoms with Gasteiger partial charge in [-0.05, 0) is 32.6 Å². The van der Waals surface area contributed by atoms with E-state index in [2.05, 4.69) is 10.2 Å². The molecule has 1 saturated carbocycles. The van der Waals surface area contributed by atoms with Gasteiger partial charge in [-0.2, -0.15) is 4.31 Å². The molecule has 0 spiro atoms. The van der Waals surface area contributed by atoms with Crippen molar-refractivity contribution in [1.29, 1.82) is 0 Å². The third kappa shape index (κ3) is 2.58. The molecular formula is C15H23N3O5S. The van der Waals surface area contributed by atoms with Gasteiger partial charge in [0.2, 0.25) is 21.8 Å². The number of hydrogen-bond donors (Lipinski definition) is 0. The lowest BCUT2D eigenvalue weighted by atomic mass is 9.73. The molecule has 0 amide bonds. The van der Waals surface area contributed by atoms with Crippen molar-refractivity contribution < 1.29 is 22.3 Å². The average molecular weight is 357 g/mol. The van der Waals surface area contributed by atoms with E-state index in [1.54, 1.807) is 11.2 Å². The zero-order chi connectivity index (χ0) is 17.2. The molecule has 3 aliphatic heterocycles. The van der Waals surface area contributed by atoms with Crippen molar-refractivity contribution in [2.24, 2.45) is 5.92 Å². The first-order valence-corrected chi connectivity index (χ1v) is 9.88. The summed E-state index contributed by atoms with van der Waals surface area (Å²) in [5.41, 5.74) is -1.12. The molecule has 8 nitrogen and oxygen atoms in total.